The molecule has 0 spiro atoms. The molecule has 1 unspecified atom stereocenters. The van der Waals surface area contributed by atoms with Crippen molar-refractivity contribution in [2.24, 2.45) is 4.99 Å². The third kappa shape index (κ3) is 2.61. The van der Waals surface area contributed by atoms with Crippen molar-refractivity contribution in [3.8, 4) is 0 Å². The summed E-state index contributed by atoms with van der Waals surface area (Å²) in [6, 6.07) is 4.28. The summed E-state index contributed by atoms with van der Waals surface area (Å²) in [4.78, 5) is 4.58. The molecule has 0 saturated heterocycles. The van der Waals surface area contributed by atoms with Crippen LogP contribution >= 0.6 is 24.0 Å². The maximum Gasteiger partial charge on any atom is 0.104 e. The highest BCUT2D eigenvalue weighted by atomic mass is 35.5. The molecule has 1 aliphatic heterocycles. The molecule has 1 heterocycles. The number of aliphatic imine (C=N–C) groups is 1. The fourth-order valence-electron chi connectivity index (χ4n) is 3.17. The van der Waals surface area contributed by atoms with E-state index >= 15 is 0 Å². The standard InChI is InChI=1S/C15H19ClN2.ClH/c1-9(2)13-7-10(16)8-14-11(13)3-4-12(14)15-17-5-6-18-15;/h7-9,12H,3-6H2,1-2H3,(H,17,18);1H. The highest BCUT2D eigenvalue weighted by Crippen LogP contribution is 2.40. The van der Waals surface area contributed by atoms with Gasteiger partial charge in [-0.3, -0.25) is 4.99 Å². The summed E-state index contributed by atoms with van der Waals surface area (Å²) >= 11 is 6.28. The SMILES string of the molecule is CC(C)c1cc(Cl)cc2c1CCC2C1=NCCN1.Cl. The molecule has 104 valence electrons. The van der Waals surface area contributed by atoms with Gasteiger partial charge in [0.05, 0.1) is 6.54 Å². The minimum Gasteiger partial charge on any atom is -0.371 e. The van der Waals surface area contributed by atoms with E-state index < -0.39 is 0 Å². The summed E-state index contributed by atoms with van der Waals surface area (Å²) in [6.07, 6.45) is 2.33. The van der Waals surface area contributed by atoms with Crippen LogP contribution in [0, 0.1) is 0 Å². The van der Waals surface area contributed by atoms with Gasteiger partial charge in [-0.05, 0) is 47.6 Å². The first-order valence-electron chi connectivity index (χ1n) is 6.77. The number of rotatable bonds is 2. The predicted molar refractivity (Wildman–Crippen MR) is 84.2 cm³/mol. The van der Waals surface area contributed by atoms with Gasteiger partial charge in [0.2, 0.25) is 0 Å². The lowest BCUT2D eigenvalue weighted by Gasteiger charge is -2.16. The van der Waals surface area contributed by atoms with Gasteiger partial charge < -0.3 is 5.32 Å². The molecule has 0 bridgehead atoms. The van der Waals surface area contributed by atoms with Gasteiger partial charge in [-0.1, -0.05) is 25.4 Å². The minimum absolute atomic E-state index is 0. The lowest BCUT2D eigenvalue weighted by atomic mass is 9.92. The second-order valence-electron chi connectivity index (χ2n) is 5.50. The molecular formula is C15H20Cl2N2. The van der Waals surface area contributed by atoms with Crippen molar-refractivity contribution in [3.05, 3.63) is 33.8 Å². The van der Waals surface area contributed by atoms with Crippen LogP contribution in [0.15, 0.2) is 17.1 Å². The molecule has 0 fully saturated rings. The Labute approximate surface area is 126 Å². The van der Waals surface area contributed by atoms with E-state index in [1.165, 1.54) is 28.9 Å². The van der Waals surface area contributed by atoms with Crippen LogP contribution < -0.4 is 5.32 Å². The second-order valence-corrected chi connectivity index (χ2v) is 5.94. The maximum absolute atomic E-state index is 6.28. The smallest absolute Gasteiger partial charge is 0.104 e. The van der Waals surface area contributed by atoms with E-state index in [0.29, 0.717) is 11.8 Å². The molecule has 1 N–H and O–H groups in total. The molecule has 0 aromatic heterocycles. The lowest BCUT2D eigenvalue weighted by molar-refractivity contribution is 0.811. The Morgan fingerprint density at radius 2 is 2.16 bits per heavy atom. The van der Waals surface area contributed by atoms with Gasteiger partial charge in [0, 0.05) is 17.5 Å². The molecule has 0 amide bonds. The number of nitrogens with one attached hydrogen (secondary N) is 1. The van der Waals surface area contributed by atoms with Gasteiger partial charge in [0.25, 0.3) is 0 Å². The molecule has 3 rings (SSSR count). The van der Waals surface area contributed by atoms with Crippen molar-refractivity contribution in [3.63, 3.8) is 0 Å². The predicted octanol–water partition coefficient (Wildman–Crippen LogP) is 3.92. The zero-order valence-corrected chi connectivity index (χ0v) is 12.9. The monoisotopic (exact) mass is 298 g/mol. The van der Waals surface area contributed by atoms with E-state index in [2.05, 4.69) is 36.3 Å². The van der Waals surface area contributed by atoms with Crippen LogP contribution in [0.2, 0.25) is 5.02 Å². The van der Waals surface area contributed by atoms with Crippen LogP contribution in [-0.4, -0.2) is 18.9 Å². The number of halogens is 2. The third-order valence-corrected chi connectivity index (χ3v) is 4.21. The largest absolute Gasteiger partial charge is 0.371 e. The van der Waals surface area contributed by atoms with Gasteiger partial charge in [0.15, 0.2) is 0 Å². The van der Waals surface area contributed by atoms with Gasteiger partial charge >= 0.3 is 0 Å². The number of benzene rings is 1. The third-order valence-electron chi connectivity index (χ3n) is 3.99. The summed E-state index contributed by atoms with van der Waals surface area (Å²) < 4.78 is 0. The van der Waals surface area contributed by atoms with Gasteiger partial charge in [-0.2, -0.15) is 0 Å². The first-order chi connectivity index (χ1) is 8.66. The van der Waals surface area contributed by atoms with E-state index in [4.69, 9.17) is 11.6 Å². The molecule has 1 aromatic carbocycles. The first kappa shape index (κ1) is 14.7. The Bertz CT molecular complexity index is 509. The van der Waals surface area contributed by atoms with Crippen LogP contribution in [0.25, 0.3) is 0 Å². The van der Waals surface area contributed by atoms with Crippen LogP contribution in [0.4, 0.5) is 0 Å². The van der Waals surface area contributed by atoms with Gasteiger partial charge in [0.1, 0.15) is 5.84 Å². The molecule has 1 atom stereocenters. The average Bonchev–Trinajstić information content (AvgIpc) is 2.94. The highest BCUT2D eigenvalue weighted by molar-refractivity contribution is 6.30. The van der Waals surface area contributed by atoms with Gasteiger partial charge in [-0.25, -0.2) is 0 Å². The van der Waals surface area contributed by atoms with E-state index in [-0.39, 0.29) is 12.4 Å². The Kier molecular flexibility index (Phi) is 4.42. The number of hydrogen-bond acceptors (Lipinski definition) is 2. The molecule has 0 saturated carbocycles. The van der Waals surface area contributed by atoms with Crippen molar-refractivity contribution in [2.45, 2.75) is 38.5 Å². The molecular weight excluding hydrogens is 279 g/mol. The number of fused-ring (bicyclic) bond motifs is 1. The highest BCUT2D eigenvalue weighted by Gasteiger charge is 2.30. The van der Waals surface area contributed by atoms with Crippen molar-refractivity contribution in [1.82, 2.24) is 5.32 Å². The second kappa shape index (κ2) is 5.72. The fourth-order valence-corrected chi connectivity index (χ4v) is 3.41. The van der Waals surface area contributed by atoms with Gasteiger partial charge in [-0.15, -0.1) is 12.4 Å². The Morgan fingerprint density at radius 3 is 2.79 bits per heavy atom. The number of amidine groups is 1. The molecule has 1 aliphatic carbocycles. The van der Waals surface area contributed by atoms with Crippen molar-refractivity contribution in [2.75, 3.05) is 13.1 Å². The van der Waals surface area contributed by atoms with Crippen LogP contribution in [0.3, 0.4) is 0 Å². The van der Waals surface area contributed by atoms with Crippen LogP contribution in [0.5, 0.6) is 0 Å². The van der Waals surface area contributed by atoms with E-state index in [1.54, 1.807) is 0 Å². The molecule has 0 radical (unpaired) electrons. The van der Waals surface area contributed by atoms with E-state index in [0.717, 1.165) is 24.5 Å². The number of hydrogen-bond donors (Lipinski definition) is 1. The molecule has 1 aromatic rings. The van der Waals surface area contributed by atoms with E-state index in [1.807, 2.05) is 0 Å². The fraction of sp³-hybridized carbons (Fsp3) is 0.533. The Hall–Kier alpha value is -0.730. The summed E-state index contributed by atoms with van der Waals surface area (Å²) in [7, 11) is 0. The normalized spacial score (nSPS) is 20.8. The summed E-state index contributed by atoms with van der Waals surface area (Å²) in [5.74, 6) is 2.15. The summed E-state index contributed by atoms with van der Waals surface area (Å²) in [5.41, 5.74) is 4.33. The van der Waals surface area contributed by atoms with Crippen molar-refractivity contribution >= 4 is 29.8 Å². The Balaban J connectivity index is 0.00000133. The average molecular weight is 299 g/mol. The maximum atomic E-state index is 6.28. The van der Waals surface area contributed by atoms with E-state index in [9.17, 15) is 0 Å². The quantitative estimate of drug-likeness (QED) is 0.879. The minimum atomic E-state index is 0. The zero-order valence-electron chi connectivity index (χ0n) is 11.4. The zero-order chi connectivity index (χ0) is 12.7. The Morgan fingerprint density at radius 1 is 1.37 bits per heavy atom. The molecule has 19 heavy (non-hydrogen) atoms. The molecule has 2 nitrogen and oxygen atoms in total. The topological polar surface area (TPSA) is 24.4 Å². The number of nitrogens with zero attached hydrogens (tertiary/aromatic N) is 1. The molecule has 4 heteroatoms. The molecule has 2 aliphatic rings. The summed E-state index contributed by atoms with van der Waals surface area (Å²) in [5, 5.41) is 4.28. The first-order valence-corrected chi connectivity index (χ1v) is 7.15. The summed E-state index contributed by atoms with van der Waals surface area (Å²) in [6.45, 7) is 6.38. The van der Waals surface area contributed by atoms with Crippen molar-refractivity contribution < 1.29 is 0 Å². The van der Waals surface area contributed by atoms with Crippen molar-refractivity contribution in [1.29, 1.82) is 0 Å². The van der Waals surface area contributed by atoms with Crippen LogP contribution in [0.1, 0.15) is 48.8 Å². The van der Waals surface area contributed by atoms with Crippen LogP contribution in [-0.2, 0) is 6.42 Å². The lowest BCUT2D eigenvalue weighted by Crippen LogP contribution is -2.24.